The third kappa shape index (κ3) is 1.52. The van der Waals surface area contributed by atoms with Gasteiger partial charge in [0.05, 0.1) is 11.1 Å². The molecule has 0 amide bonds. The van der Waals surface area contributed by atoms with Crippen LogP contribution in [0.25, 0.3) is 0 Å². The Balaban J connectivity index is 2.41. The van der Waals surface area contributed by atoms with Crippen molar-refractivity contribution in [2.24, 2.45) is 5.73 Å². The van der Waals surface area contributed by atoms with Gasteiger partial charge in [0.15, 0.2) is 11.5 Å². The van der Waals surface area contributed by atoms with Gasteiger partial charge < -0.3 is 20.3 Å². The Morgan fingerprint density at radius 2 is 2.29 bits per heavy atom. The molecule has 0 spiro atoms. The van der Waals surface area contributed by atoms with Crippen LogP contribution in [-0.2, 0) is 0 Å². The van der Waals surface area contributed by atoms with Crippen molar-refractivity contribution in [2.45, 2.75) is 6.10 Å². The monoisotopic (exact) mass is 215 g/mol. The van der Waals surface area contributed by atoms with Gasteiger partial charge in [-0.25, -0.2) is 0 Å². The van der Waals surface area contributed by atoms with Gasteiger partial charge in [-0.1, -0.05) is 11.6 Å². The molecule has 2 rings (SSSR count). The van der Waals surface area contributed by atoms with Crippen molar-refractivity contribution >= 4 is 11.6 Å². The lowest BCUT2D eigenvalue weighted by atomic mass is 10.1. The minimum atomic E-state index is -0.720. The Morgan fingerprint density at radius 3 is 3.00 bits per heavy atom. The molecule has 14 heavy (non-hydrogen) atoms. The molecule has 0 unspecified atom stereocenters. The molecule has 0 saturated heterocycles. The van der Waals surface area contributed by atoms with E-state index in [0.29, 0.717) is 22.1 Å². The van der Waals surface area contributed by atoms with Crippen LogP contribution in [0, 0.1) is 0 Å². The molecule has 0 aromatic heterocycles. The van der Waals surface area contributed by atoms with Gasteiger partial charge in [0.25, 0.3) is 0 Å². The van der Waals surface area contributed by atoms with E-state index < -0.39 is 6.10 Å². The second kappa shape index (κ2) is 3.65. The number of fused-ring (bicyclic) bond motifs is 1. The molecule has 5 heteroatoms. The van der Waals surface area contributed by atoms with Crippen LogP contribution in [0.1, 0.15) is 11.7 Å². The molecule has 1 atom stereocenters. The molecule has 0 aliphatic carbocycles. The second-order valence-electron chi connectivity index (χ2n) is 2.99. The number of hydrogen-bond acceptors (Lipinski definition) is 4. The summed E-state index contributed by atoms with van der Waals surface area (Å²) >= 11 is 5.92. The highest BCUT2D eigenvalue weighted by Crippen LogP contribution is 2.40. The lowest BCUT2D eigenvalue weighted by Crippen LogP contribution is -2.11. The molecule has 0 bridgehead atoms. The van der Waals surface area contributed by atoms with Gasteiger partial charge in [-0.3, -0.25) is 0 Å². The van der Waals surface area contributed by atoms with Crippen molar-refractivity contribution in [1.82, 2.24) is 0 Å². The fraction of sp³-hybridized carbons (Fsp3) is 0.333. The summed E-state index contributed by atoms with van der Waals surface area (Å²) in [6.45, 7) is 0.313. The second-order valence-corrected chi connectivity index (χ2v) is 3.40. The van der Waals surface area contributed by atoms with Crippen molar-refractivity contribution in [1.29, 1.82) is 0 Å². The zero-order chi connectivity index (χ0) is 10.1. The van der Waals surface area contributed by atoms with Crippen molar-refractivity contribution in [2.75, 3.05) is 13.3 Å². The van der Waals surface area contributed by atoms with E-state index in [-0.39, 0.29) is 13.3 Å². The lowest BCUT2D eigenvalue weighted by molar-refractivity contribution is 0.173. The molecule has 1 aromatic rings. The first-order chi connectivity index (χ1) is 6.72. The summed E-state index contributed by atoms with van der Waals surface area (Å²) in [5, 5.41) is 9.94. The van der Waals surface area contributed by atoms with E-state index in [1.54, 1.807) is 12.1 Å². The molecule has 0 saturated carbocycles. The largest absolute Gasteiger partial charge is 0.454 e. The van der Waals surface area contributed by atoms with Crippen molar-refractivity contribution in [3.63, 3.8) is 0 Å². The maximum atomic E-state index is 9.50. The average molecular weight is 216 g/mol. The molecular formula is C9H10ClNO3. The van der Waals surface area contributed by atoms with Crippen LogP contribution >= 0.6 is 11.6 Å². The van der Waals surface area contributed by atoms with Crippen LogP contribution in [0.15, 0.2) is 12.1 Å². The molecule has 0 fully saturated rings. The van der Waals surface area contributed by atoms with E-state index in [9.17, 15) is 5.11 Å². The molecule has 1 aliphatic rings. The van der Waals surface area contributed by atoms with Crippen LogP contribution in [0.2, 0.25) is 5.02 Å². The molecular weight excluding hydrogens is 206 g/mol. The number of aliphatic hydroxyl groups excluding tert-OH is 1. The van der Waals surface area contributed by atoms with Gasteiger partial charge in [-0.15, -0.1) is 0 Å². The van der Waals surface area contributed by atoms with Crippen molar-refractivity contribution in [3.8, 4) is 11.5 Å². The highest BCUT2D eigenvalue weighted by atomic mass is 35.5. The third-order valence-electron chi connectivity index (χ3n) is 2.06. The zero-order valence-corrected chi connectivity index (χ0v) is 8.12. The fourth-order valence-electron chi connectivity index (χ4n) is 1.32. The third-order valence-corrected chi connectivity index (χ3v) is 2.34. The Kier molecular flexibility index (Phi) is 2.50. The normalized spacial score (nSPS) is 15.6. The van der Waals surface area contributed by atoms with Crippen molar-refractivity contribution in [3.05, 3.63) is 22.7 Å². The fourth-order valence-corrected chi connectivity index (χ4v) is 1.59. The van der Waals surface area contributed by atoms with E-state index in [4.69, 9.17) is 26.8 Å². The molecule has 0 radical (unpaired) electrons. The summed E-state index contributed by atoms with van der Waals surface area (Å²) in [5.41, 5.74) is 5.97. The highest BCUT2D eigenvalue weighted by molar-refractivity contribution is 6.32. The van der Waals surface area contributed by atoms with Gasteiger partial charge in [-0.05, 0) is 17.7 Å². The molecule has 1 aromatic carbocycles. The summed E-state index contributed by atoms with van der Waals surface area (Å²) in [5.74, 6) is 1.08. The van der Waals surface area contributed by atoms with E-state index in [0.717, 1.165) is 0 Å². The zero-order valence-electron chi connectivity index (χ0n) is 7.37. The standard InChI is InChI=1S/C9H10ClNO3/c10-6-1-5(7(12)3-11)2-8-9(6)14-4-13-8/h1-2,7,12H,3-4,11H2/t7-/m1/s1. The minimum Gasteiger partial charge on any atom is -0.454 e. The van der Waals surface area contributed by atoms with E-state index in [1.807, 2.05) is 0 Å². The molecule has 4 nitrogen and oxygen atoms in total. The number of halogens is 1. The van der Waals surface area contributed by atoms with Gasteiger partial charge >= 0.3 is 0 Å². The van der Waals surface area contributed by atoms with Crippen LogP contribution in [-0.4, -0.2) is 18.4 Å². The smallest absolute Gasteiger partial charge is 0.231 e. The predicted octanol–water partition coefficient (Wildman–Crippen LogP) is 1.06. The summed E-state index contributed by atoms with van der Waals surface area (Å²) < 4.78 is 10.3. The van der Waals surface area contributed by atoms with Gasteiger partial charge in [0, 0.05) is 6.54 Å². The molecule has 1 aliphatic heterocycles. The van der Waals surface area contributed by atoms with E-state index in [2.05, 4.69) is 0 Å². The molecule has 1 heterocycles. The number of benzene rings is 1. The summed E-state index contributed by atoms with van der Waals surface area (Å²) in [4.78, 5) is 0. The number of rotatable bonds is 2. The first-order valence-corrected chi connectivity index (χ1v) is 4.57. The SMILES string of the molecule is NC[C@@H](O)c1cc(Cl)c2c(c1)OCO2. The Morgan fingerprint density at radius 1 is 1.50 bits per heavy atom. The molecule has 76 valence electrons. The topological polar surface area (TPSA) is 64.7 Å². The summed E-state index contributed by atoms with van der Waals surface area (Å²) in [6.07, 6.45) is -0.720. The first-order valence-electron chi connectivity index (χ1n) is 4.19. The number of hydrogen-bond donors (Lipinski definition) is 2. The number of nitrogens with two attached hydrogens (primary N) is 1. The van der Waals surface area contributed by atoms with E-state index in [1.165, 1.54) is 0 Å². The number of ether oxygens (including phenoxy) is 2. The predicted molar refractivity (Wildman–Crippen MR) is 51.6 cm³/mol. The van der Waals surface area contributed by atoms with Gasteiger partial charge in [0.2, 0.25) is 6.79 Å². The first kappa shape index (κ1) is 9.58. The minimum absolute atomic E-state index is 0.149. The van der Waals surface area contributed by atoms with Crippen LogP contribution < -0.4 is 15.2 Å². The Hall–Kier alpha value is -0.970. The highest BCUT2D eigenvalue weighted by Gasteiger charge is 2.20. The maximum absolute atomic E-state index is 9.50. The van der Waals surface area contributed by atoms with Gasteiger partial charge in [-0.2, -0.15) is 0 Å². The van der Waals surface area contributed by atoms with Crippen LogP contribution in [0.5, 0.6) is 11.5 Å². The number of aliphatic hydroxyl groups is 1. The average Bonchev–Trinajstić information content (AvgIpc) is 2.64. The molecule has 3 N–H and O–H groups in total. The van der Waals surface area contributed by atoms with Crippen LogP contribution in [0.3, 0.4) is 0 Å². The summed E-state index contributed by atoms with van der Waals surface area (Å²) in [7, 11) is 0. The van der Waals surface area contributed by atoms with E-state index >= 15 is 0 Å². The lowest BCUT2D eigenvalue weighted by Gasteiger charge is -2.09. The maximum Gasteiger partial charge on any atom is 0.231 e. The van der Waals surface area contributed by atoms with Crippen molar-refractivity contribution < 1.29 is 14.6 Å². The van der Waals surface area contributed by atoms with Gasteiger partial charge in [0.1, 0.15) is 0 Å². The Labute approximate surface area is 86.2 Å². The quantitative estimate of drug-likeness (QED) is 0.775. The Bertz CT molecular complexity index is 356. The summed E-state index contributed by atoms with van der Waals surface area (Å²) in [6, 6.07) is 3.32. The van der Waals surface area contributed by atoms with Crippen LogP contribution in [0.4, 0.5) is 0 Å².